The molecule has 0 bridgehead atoms. The van der Waals surface area contributed by atoms with Gasteiger partial charge in [0.25, 0.3) is 11.6 Å². The molecule has 0 radical (unpaired) electrons. The van der Waals surface area contributed by atoms with Gasteiger partial charge in [-0.15, -0.1) is 0 Å². The SMILES string of the molecule is CC1=C(C(=O)Nc2cccc([N+](=O)[O-])c2)C(c2cccc(C(F)(F)F)c2)NC(=O)N1. The van der Waals surface area contributed by atoms with Crippen LogP contribution in [-0.4, -0.2) is 16.9 Å². The predicted octanol–water partition coefficient (Wildman–Crippen LogP) is 3.88. The molecule has 11 heteroatoms. The number of non-ortho nitro benzene ring substituents is 1. The zero-order valence-electron chi connectivity index (χ0n) is 15.4. The first-order chi connectivity index (χ1) is 14.1. The number of carbonyl (C=O) groups is 2. The van der Waals surface area contributed by atoms with Crippen molar-refractivity contribution in [3.05, 3.63) is 81.0 Å². The molecular formula is C19H15F3N4O4. The van der Waals surface area contributed by atoms with Crippen molar-refractivity contribution in [1.29, 1.82) is 0 Å². The Morgan fingerprint density at radius 1 is 1.17 bits per heavy atom. The molecule has 1 atom stereocenters. The number of alkyl halides is 3. The van der Waals surface area contributed by atoms with Gasteiger partial charge in [0, 0.05) is 23.5 Å². The minimum Gasteiger partial charge on any atom is -0.327 e. The molecule has 3 N–H and O–H groups in total. The molecule has 1 aliphatic heterocycles. The van der Waals surface area contributed by atoms with Crippen molar-refractivity contribution >= 4 is 23.3 Å². The average molecular weight is 420 g/mol. The maximum absolute atomic E-state index is 13.1. The predicted molar refractivity (Wildman–Crippen MR) is 100 cm³/mol. The zero-order valence-corrected chi connectivity index (χ0v) is 15.4. The van der Waals surface area contributed by atoms with E-state index in [1.807, 2.05) is 0 Å². The highest BCUT2D eigenvalue weighted by molar-refractivity contribution is 6.06. The van der Waals surface area contributed by atoms with Gasteiger partial charge < -0.3 is 16.0 Å². The van der Waals surface area contributed by atoms with Crippen molar-refractivity contribution in [2.24, 2.45) is 0 Å². The highest BCUT2D eigenvalue weighted by atomic mass is 19.4. The number of carbonyl (C=O) groups excluding carboxylic acids is 2. The van der Waals surface area contributed by atoms with Crippen LogP contribution in [0.15, 0.2) is 59.8 Å². The van der Waals surface area contributed by atoms with Crippen LogP contribution in [0.3, 0.4) is 0 Å². The second kappa shape index (κ2) is 7.85. The fourth-order valence-electron chi connectivity index (χ4n) is 3.04. The number of allylic oxidation sites excluding steroid dienone is 1. The summed E-state index contributed by atoms with van der Waals surface area (Å²) in [5.74, 6) is -0.733. The van der Waals surface area contributed by atoms with E-state index in [0.717, 1.165) is 18.2 Å². The highest BCUT2D eigenvalue weighted by Gasteiger charge is 2.34. The number of hydrogen-bond donors (Lipinski definition) is 3. The van der Waals surface area contributed by atoms with E-state index < -0.39 is 34.6 Å². The number of rotatable bonds is 4. The number of benzene rings is 2. The summed E-state index contributed by atoms with van der Waals surface area (Å²) in [6, 6.07) is 7.62. The zero-order chi connectivity index (χ0) is 22.1. The Kier molecular flexibility index (Phi) is 5.45. The molecule has 3 rings (SSSR count). The molecule has 0 fully saturated rings. The molecule has 0 saturated heterocycles. The maximum Gasteiger partial charge on any atom is 0.416 e. The minimum atomic E-state index is -4.60. The topological polar surface area (TPSA) is 113 Å². The fourth-order valence-corrected chi connectivity index (χ4v) is 3.04. The lowest BCUT2D eigenvalue weighted by Gasteiger charge is -2.29. The number of hydrogen-bond acceptors (Lipinski definition) is 4. The molecule has 0 aromatic heterocycles. The molecule has 0 spiro atoms. The van der Waals surface area contributed by atoms with E-state index >= 15 is 0 Å². The van der Waals surface area contributed by atoms with Crippen LogP contribution >= 0.6 is 0 Å². The number of halogens is 3. The Morgan fingerprint density at radius 2 is 1.87 bits per heavy atom. The molecule has 0 saturated carbocycles. The molecular weight excluding hydrogens is 405 g/mol. The minimum absolute atomic E-state index is 0.0274. The second-order valence-electron chi connectivity index (χ2n) is 6.45. The first kappa shape index (κ1) is 20.8. The number of nitro groups is 1. The number of urea groups is 1. The van der Waals surface area contributed by atoms with Crippen molar-refractivity contribution in [3.8, 4) is 0 Å². The highest BCUT2D eigenvalue weighted by Crippen LogP contribution is 2.34. The normalized spacial score (nSPS) is 16.5. The number of nitrogens with zero attached hydrogens (tertiary/aromatic N) is 1. The first-order valence-electron chi connectivity index (χ1n) is 8.57. The quantitative estimate of drug-likeness (QED) is 0.515. The van der Waals surface area contributed by atoms with E-state index in [0.29, 0.717) is 0 Å². The Bertz CT molecular complexity index is 1070. The van der Waals surface area contributed by atoms with E-state index in [1.165, 1.54) is 37.3 Å². The fraction of sp³-hybridized carbons (Fsp3) is 0.158. The Balaban J connectivity index is 1.97. The molecule has 156 valence electrons. The molecule has 30 heavy (non-hydrogen) atoms. The van der Waals surface area contributed by atoms with Crippen LogP contribution in [-0.2, 0) is 11.0 Å². The smallest absolute Gasteiger partial charge is 0.327 e. The van der Waals surface area contributed by atoms with Gasteiger partial charge >= 0.3 is 12.2 Å². The van der Waals surface area contributed by atoms with Crippen LogP contribution in [0, 0.1) is 10.1 Å². The van der Waals surface area contributed by atoms with Crippen molar-refractivity contribution in [1.82, 2.24) is 10.6 Å². The van der Waals surface area contributed by atoms with Gasteiger partial charge in [0.2, 0.25) is 0 Å². The summed E-state index contributed by atoms with van der Waals surface area (Å²) in [5.41, 5.74) is -0.881. The van der Waals surface area contributed by atoms with Gasteiger partial charge in [-0.05, 0) is 30.7 Å². The van der Waals surface area contributed by atoms with Gasteiger partial charge in [-0.2, -0.15) is 13.2 Å². The number of anilines is 1. The van der Waals surface area contributed by atoms with E-state index in [-0.39, 0.29) is 28.2 Å². The lowest BCUT2D eigenvalue weighted by Crippen LogP contribution is -2.46. The molecule has 1 unspecified atom stereocenters. The number of nitrogens with one attached hydrogen (secondary N) is 3. The molecule has 1 heterocycles. The second-order valence-corrected chi connectivity index (χ2v) is 6.45. The Morgan fingerprint density at radius 3 is 2.53 bits per heavy atom. The van der Waals surface area contributed by atoms with Gasteiger partial charge in [0.1, 0.15) is 0 Å². The number of amides is 3. The molecule has 8 nitrogen and oxygen atoms in total. The lowest BCUT2D eigenvalue weighted by molar-refractivity contribution is -0.384. The monoisotopic (exact) mass is 420 g/mol. The third-order valence-electron chi connectivity index (χ3n) is 4.38. The van der Waals surface area contributed by atoms with Gasteiger partial charge in [-0.3, -0.25) is 14.9 Å². The summed E-state index contributed by atoms with van der Waals surface area (Å²) in [5, 5.41) is 18.2. The number of nitro benzene ring substituents is 1. The first-order valence-corrected chi connectivity index (χ1v) is 8.57. The van der Waals surface area contributed by atoms with E-state index in [4.69, 9.17) is 0 Å². The van der Waals surface area contributed by atoms with Crippen molar-refractivity contribution in [3.63, 3.8) is 0 Å². The molecule has 2 aromatic rings. The van der Waals surface area contributed by atoms with Gasteiger partial charge in [-0.1, -0.05) is 18.2 Å². The van der Waals surface area contributed by atoms with Crippen LogP contribution in [0.25, 0.3) is 0 Å². The summed E-state index contributed by atoms with van der Waals surface area (Å²) < 4.78 is 39.3. The third-order valence-corrected chi connectivity index (χ3v) is 4.38. The van der Waals surface area contributed by atoms with Crippen LogP contribution < -0.4 is 16.0 Å². The van der Waals surface area contributed by atoms with Crippen LogP contribution in [0.2, 0.25) is 0 Å². The molecule has 0 aliphatic carbocycles. The van der Waals surface area contributed by atoms with Crippen molar-refractivity contribution in [2.75, 3.05) is 5.32 Å². The average Bonchev–Trinajstić information content (AvgIpc) is 2.67. The van der Waals surface area contributed by atoms with Crippen molar-refractivity contribution < 1.29 is 27.7 Å². The van der Waals surface area contributed by atoms with Gasteiger partial charge in [0.15, 0.2) is 0 Å². The molecule has 3 amide bonds. The van der Waals surface area contributed by atoms with Crippen LogP contribution in [0.4, 0.5) is 29.3 Å². The summed E-state index contributed by atoms with van der Waals surface area (Å²) in [6.07, 6.45) is -4.60. The Hall–Kier alpha value is -3.89. The Labute approximate surface area is 167 Å². The maximum atomic E-state index is 13.1. The van der Waals surface area contributed by atoms with E-state index in [2.05, 4.69) is 16.0 Å². The van der Waals surface area contributed by atoms with E-state index in [9.17, 15) is 32.9 Å². The lowest BCUT2D eigenvalue weighted by atomic mass is 9.93. The third kappa shape index (κ3) is 4.40. The van der Waals surface area contributed by atoms with Gasteiger partial charge in [-0.25, -0.2) is 4.79 Å². The molecule has 2 aromatic carbocycles. The summed E-state index contributed by atoms with van der Waals surface area (Å²) in [6.45, 7) is 1.43. The summed E-state index contributed by atoms with van der Waals surface area (Å²) in [4.78, 5) is 35.1. The largest absolute Gasteiger partial charge is 0.416 e. The van der Waals surface area contributed by atoms with Crippen LogP contribution in [0.5, 0.6) is 0 Å². The van der Waals surface area contributed by atoms with Gasteiger partial charge in [0.05, 0.1) is 22.1 Å². The summed E-state index contributed by atoms with van der Waals surface area (Å²) in [7, 11) is 0. The van der Waals surface area contributed by atoms with E-state index in [1.54, 1.807) is 0 Å². The standard InChI is InChI=1S/C19H15F3N4O4/c1-10-15(17(27)24-13-6-3-7-14(9-13)26(29)30)16(25-18(28)23-10)11-4-2-5-12(8-11)19(20,21)22/h2-9,16H,1H3,(H,24,27)(H2,23,25,28). The molecule has 1 aliphatic rings. The summed E-state index contributed by atoms with van der Waals surface area (Å²) >= 11 is 0. The van der Waals surface area contributed by atoms with Crippen LogP contribution in [0.1, 0.15) is 24.1 Å². The van der Waals surface area contributed by atoms with Crippen molar-refractivity contribution in [2.45, 2.75) is 19.1 Å².